The van der Waals surface area contributed by atoms with Gasteiger partial charge >= 0.3 is 5.97 Å². The van der Waals surface area contributed by atoms with Crippen LogP contribution in [0.3, 0.4) is 0 Å². The summed E-state index contributed by atoms with van der Waals surface area (Å²) in [6.45, 7) is 4.16. The normalized spacial score (nSPS) is 14.4. The summed E-state index contributed by atoms with van der Waals surface area (Å²) in [5.74, 6) is -1.92. The average Bonchev–Trinajstić information content (AvgIpc) is 2.29. The summed E-state index contributed by atoms with van der Waals surface area (Å²) in [6, 6.07) is 4.99. The third-order valence-corrected chi connectivity index (χ3v) is 2.87. The molecule has 0 bridgehead atoms. The largest absolute Gasteiger partial charge is 0.479 e. The fraction of sp³-hybridized carbons (Fsp3) is 0.333. The molecule has 18 heavy (non-hydrogen) atoms. The molecular weight excluding hydrogens is 256 g/mol. The predicted octanol–water partition coefficient (Wildman–Crippen LogP) is 3.16. The van der Waals surface area contributed by atoms with Gasteiger partial charge in [-0.05, 0) is 38.5 Å². The van der Waals surface area contributed by atoms with Crippen LogP contribution in [0.2, 0.25) is 5.02 Å². The van der Waals surface area contributed by atoms with Gasteiger partial charge in [-0.15, -0.1) is 0 Å². The van der Waals surface area contributed by atoms with Crippen molar-refractivity contribution < 1.29 is 14.7 Å². The Morgan fingerprint density at radius 3 is 2.50 bits per heavy atom. The van der Waals surface area contributed by atoms with Crippen molar-refractivity contribution in [3.63, 3.8) is 0 Å². The maximum Gasteiger partial charge on any atom is 0.341 e. The summed E-state index contributed by atoms with van der Waals surface area (Å²) in [5.41, 5.74) is -0.634. The number of aliphatic carboxylic acids is 1. The van der Waals surface area contributed by atoms with E-state index in [1.807, 2.05) is 0 Å². The zero-order valence-corrected chi connectivity index (χ0v) is 11.0. The molecule has 0 aliphatic rings. The number of ketones is 1. The van der Waals surface area contributed by atoms with E-state index in [1.165, 1.54) is 6.92 Å². The zero-order valence-electron chi connectivity index (χ0n) is 10.3. The van der Waals surface area contributed by atoms with Gasteiger partial charge in [-0.3, -0.25) is 4.79 Å². The molecule has 0 aliphatic carbocycles. The Hall–Kier alpha value is -1.75. The number of nitrogens with zero attached hydrogens (tertiary/aromatic N) is 2. The number of halogens is 1. The molecule has 1 atom stereocenters. The molecule has 0 saturated carbocycles. The molecular formula is C12H13ClN2O3. The van der Waals surface area contributed by atoms with Crippen LogP contribution in [0.5, 0.6) is 0 Å². The van der Waals surface area contributed by atoms with Crippen LogP contribution in [-0.4, -0.2) is 22.4 Å². The van der Waals surface area contributed by atoms with E-state index in [4.69, 9.17) is 16.7 Å². The summed E-state index contributed by atoms with van der Waals surface area (Å²) >= 11 is 5.81. The smallest absolute Gasteiger partial charge is 0.341 e. The molecule has 1 aromatic rings. The van der Waals surface area contributed by atoms with Gasteiger partial charge in [0.05, 0.1) is 5.69 Å². The molecule has 5 nitrogen and oxygen atoms in total. The molecule has 0 heterocycles. The molecule has 0 aliphatic heterocycles. The molecule has 0 amide bonds. The lowest BCUT2D eigenvalue weighted by Crippen LogP contribution is -2.39. The van der Waals surface area contributed by atoms with Crippen LogP contribution >= 0.6 is 11.6 Å². The molecule has 1 rings (SSSR count). The van der Waals surface area contributed by atoms with Crippen molar-refractivity contribution in [2.24, 2.45) is 10.2 Å². The van der Waals surface area contributed by atoms with Gasteiger partial charge in [0, 0.05) is 5.02 Å². The van der Waals surface area contributed by atoms with Crippen LogP contribution in [0, 0.1) is 6.92 Å². The minimum absolute atomic E-state index is 0.441. The number of carboxylic acids is 1. The number of carboxylic acid groups (broad SMARTS) is 1. The highest BCUT2D eigenvalue weighted by Crippen LogP contribution is 2.25. The monoisotopic (exact) mass is 268 g/mol. The number of rotatable bonds is 4. The third-order valence-electron chi connectivity index (χ3n) is 2.63. The van der Waals surface area contributed by atoms with E-state index in [1.54, 1.807) is 25.1 Å². The van der Waals surface area contributed by atoms with E-state index in [9.17, 15) is 9.59 Å². The van der Waals surface area contributed by atoms with Gasteiger partial charge < -0.3 is 5.11 Å². The van der Waals surface area contributed by atoms with Crippen LogP contribution in [0.25, 0.3) is 0 Å². The van der Waals surface area contributed by atoms with Gasteiger partial charge in [0.1, 0.15) is 0 Å². The first-order valence-corrected chi connectivity index (χ1v) is 5.58. The van der Waals surface area contributed by atoms with Gasteiger partial charge in [0.25, 0.3) is 0 Å². The van der Waals surface area contributed by atoms with Gasteiger partial charge in [-0.25, -0.2) is 4.79 Å². The van der Waals surface area contributed by atoms with Crippen molar-refractivity contribution in [2.75, 3.05) is 0 Å². The van der Waals surface area contributed by atoms with Crippen LogP contribution in [0.1, 0.15) is 19.4 Å². The van der Waals surface area contributed by atoms with Crippen LogP contribution in [0.4, 0.5) is 5.69 Å². The molecule has 1 unspecified atom stereocenters. The molecule has 0 spiro atoms. The fourth-order valence-electron chi connectivity index (χ4n) is 1.11. The van der Waals surface area contributed by atoms with Gasteiger partial charge in [0.2, 0.25) is 5.54 Å². The summed E-state index contributed by atoms with van der Waals surface area (Å²) in [4.78, 5) is 22.4. The second-order valence-corrected chi connectivity index (χ2v) is 4.50. The van der Waals surface area contributed by atoms with Crippen molar-refractivity contribution in [3.8, 4) is 0 Å². The molecule has 96 valence electrons. The lowest BCUT2D eigenvalue weighted by Gasteiger charge is -2.14. The Morgan fingerprint density at radius 1 is 1.39 bits per heavy atom. The van der Waals surface area contributed by atoms with Crippen molar-refractivity contribution >= 4 is 29.0 Å². The predicted molar refractivity (Wildman–Crippen MR) is 67.4 cm³/mol. The topological polar surface area (TPSA) is 79.1 Å². The second-order valence-electron chi connectivity index (χ2n) is 4.06. The van der Waals surface area contributed by atoms with E-state index >= 15 is 0 Å². The second kappa shape index (κ2) is 5.27. The highest BCUT2D eigenvalue weighted by atomic mass is 35.5. The lowest BCUT2D eigenvalue weighted by molar-refractivity contribution is -0.146. The number of hydrogen-bond donors (Lipinski definition) is 1. The van der Waals surface area contributed by atoms with Crippen LogP contribution in [-0.2, 0) is 9.59 Å². The summed E-state index contributed by atoms with van der Waals surface area (Å²) in [6.07, 6.45) is 0. The molecule has 0 aromatic heterocycles. The first-order chi connectivity index (χ1) is 8.27. The van der Waals surface area contributed by atoms with Crippen molar-refractivity contribution in [1.29, 1.82) is 0 Å². The number of carbonyl (C=O) groups is 2. The van der Waals surface area contributed by atoms with Gasteiger partial charge in [0.15, 0.2) is 5.78 Å². The van der Waals surface area contributed by atoms with E-state index in [-0.39, 0.29) is 0 Å². The summed E-state index contributed by atoms with van der Waals surface area (Å²) in [5, 5.41) is 16.9. The highest BCUT2D eigenvalue weighted by Gasteiger charge is 2.38. The molecule has 1 aromatic carbocycles. The van der Waals surface area contributed by atoms with Crippen molar-refractivity contribution in [3.05, 3.63) is 28.8 Å². The third kappa shape index (κ3) is 2.92. The number of carbonyl (C=O) groups excluding carboxylic acids is 1. The number of azo groups is 1. The van der Waals surface area contributed by atoms with Gasteiger partial charge in [-0.1, -0.05) is 17.7 Å². The quantitative estimate of drug-likeness (QED) is 0.673. The van der Waals surface area contributed by atoms with Crippen molar-refractivity contribution in [1.82, 2.24) is 0 Å². The maximum absolute atomic E-state index is 11.3. The van der Waals surface area contributed by atoms with Crippen molar-refractivity contribution in [2.45, 2.75) is 26.3 Å². The van der Waals surface area contributed by atoms with Gasteiger partial charge in [-0.2, -0.15) is 10.2 Å². The van der Waals surface area contributed by atoms with Crippen LogP contribution < -0.4 is 0 Å². The minimum Gasteiger partial charge on any atom is -0.479 e. The highest BCUT2D eigenvalue weighted by molar-refractivity contribution is 6.30. The fourth-order valence-corrected chi connectivity index (χ4v) is 1.27. The Balaban J connectivity index is 3.15. The van der Waals surface area contributed by atoms with E-state index in [0.29, 0.717) is 10.7 Å². The number of hydrogen-bond acceptors (Lipinski definition) is 4. The van der Waals surface area contributed by atoms with E-state index < -0.39 is 17.3 Å². The first-order valence-electron chi connectivity index (χ1n) is 5.21. The molecule has 6 heteroatoms. The molecule has 1 N–H and O–H groups in total. The Morgan fingerprint density at radius 2 is 2.00 bits per heavy atom. The minimum atomic E-state index is -1.87. The number of Topliss-reactive ketones (excluding diaryl/α,β-unsaturated/α-hetero) is 1. The summed E-state index contributed by atoms with van der Waals surface area (Å²) < 4.78 is 0. The van der Waals surface area contributed by atoms with E-state index in [2.05, 4.69) is 10.2 Å². The molecule has 0 saturated heterocycles. The average molecular weight is 269 g/mol. The first kappa shape index (κ1) is 14.3. The molecule has 0 radical (unpaired) electrons. The molecule has 0 fully saturated rings. The van der Waals surface area contributed by atoms with Crippen LogP contribution in [0.15, 0.2) is 28.4 Å². The zero-order chi connectivity index (χ0) is 13.9. The Labute approximate surface area is 109 Å². The number of aryl methyl sites for hydroxylation is 1. The maximum atomic E-state index is 11.3. The summed E-state index contributed by atoms with van der Waals surface area (Å²) in [7, 11) is 0. The van der Waals surface area contributed by atoms with E-state index in [0.717, 1.165) is 12.5 Å². The standard InChI is InChI=1S/C12H13ClN2O3/c1-7-4-5-9(13)6-10(7)14-15-12(3,8(2)16)11(17)18/h4-6H,1-3H3,(H,17,18). The lowest BCUT2D eigenvalue weighted by atomic mass is 10.00. The Bertz CT molecular complexity index is 512. The Kier molecular flexibility index (Phi) is 4.19. The number of benzene rings is 1. The SMILES string of the molecule is CC(=O)C(C)(N=Nc1cc(Cl)ccc1C)C(=O)O.